The Bertz CT molecular complexity index is 303. The molecule has 2 N–H and O–H groups in total. The van der Waals surface area contributed by atoms with Crippen molar-refractivity contribution in [2.24, 2.45) is 0 Å². The van der Waals surface area contributed by atoms with Crippen LogP contribution in [0.2, 0.25) is 0 Å². The molecule has 0 bridgehead atoms. The van der Waals surface area contributed by atoms with Gasteiger partial charge in [-0.25, -0.2) is 13.1 Å². The lowest BCUT2D eigenvalue weighted by Gasteiger charge is -2.23. The first kappa shape index (κ1) is 17.2. The first-order chi connectivity index (χ1) is 7.75. The molecule has 0 aliphatic carbocycles. The Morgan fingerprint density at radius 3 is 2.41 bits per heavy atom. The van der Waals surface area contributed by atoms with Crippen molar-refractivity contribution >= 4 is 21.8 Å². The van der Waals surface area contributed by atoms with E-state index in [1.54, 1.807) is 18.7 Å². The molecule has 0 fully saturated rings. The minimum absolute atomic E-state index is 0.0658. The molecule has 0 rings (SSSR count). The fourth-order valence-electron chi connectivity index (χ4n) is 1.08. The molecular formula is C11H26N2O2S2. The van der Waals surface area contributed by atoms with Crippen molar-refractivity contribution in [3.63, 3.8) is 0 Å². The van der Waals surface area contributed by atoms with Gasteiger partial charge >= 0.3 is 0 Å². The van der Waals surface area contributed by atoms with Gasteiger partial charge < -0.3 is 5.32 Å². The van der Waals surface area contributed by atoms with Gasteiger partial charge in [0.1, 0.15) is 0 Å². The van der Waals surface area contributed by atoms with Crippen molar-refractivity contribution in [3.8, 4) is 0 Å². The Kier molecular flexibility index (Phi) is 7.71. The van der Waals surface area contributed by atoms with Gasteiger partial charge in [0.05, 0.1) is 5.25 Å². The number of thioether (sulfide) groups is 1. The predicted molar refractivity (Wildman–Crippen MR) is 77.1 cm³/mol. The maximum Gasteiger partial charge on any atom is 0.215 e. The van der Waals surface area contributed by atoms with Gasteiger partial charge in [-0.1, -0.05) is 6.92 Å². The Hall–Kier alpha value is 0.220. The molecule has 0 radical (unpaired) electrons. The lowest BCUT2D eigenvalue weighted by atomic mass is 10.2. The second kappa shape index (κ2) is 7.61. The minimum atomic E-state index is -3.21. The van der Waals surface area contributed by atoms with Crippen LogP contribution in [0.25, 0.3) is 0 Å². The van der Waals surface area contributed by atoms with Gasteiger partial charge in [-0.2, -0.15) is 11.8 Å². The zero-order chi connectivity index (χ0) is 13.5. The second-order valence-electron chi connectivity index (χ2n) is 4.84. The third kappa shape index (κ3) is 7.28. The number of hydrogen-bond donors (Lipinski definition) is 2. The molecule has 0 saturated heterocycles. The van der Waals surface area contributed by atoms with Crippen LogP contribution in [0.3, 0.4) is 0 Å². The number of nitrogens with one attached hydrogen (secondary N) is 2. The van der Waals surface area contributed by atoms with Gasteiger partial charge in [0.25, 0.3) is 0 Å². The largest absolute Gasteiger partial charge is 0.315 e. The summed E-state index contributed by atoms with van der Waals surface area (Å²) in [4.78, 5) is 0. The minimum Gasteiger partial charge on any atom is -0.315 e. The van der Waals surface area contributed by atoms with Crippen LogP contribution in [0.5, 0.6) is 0 Å². The second-order valence-corrected chi connectivity index (χ2v) is 8.54. The monoisotopic (exact) mass is 282 g/mol. The fourth-order valence-corrected chi connectivity index (χ4v) is 2.57. The summed E-state index contributed by atoms with van der Waals surface area (Å²) in [5.74, 6) is 0. The first-order valence-corrected chi connectivity index (χ1v) is 8.76. The van der Waals surface area contributed by atoms with E-state index in [1.165, 1.54) is 0 Å². The average molecular weight is 282 g/mol. The van der Waals surface area contributed by atoms with Crippen molar-refractivity contribution in [1.82, 2.24) is 10.0 Å². The third-order valence-corrected chi connectivity index (χ3v) is 5.66. The summed E-state index contributed by atoms with van der Waals surface area (Å²) in [5.41, 5.74) is 0. The molecular weight excluding hydrogens is 256 g/mol. The highest BCUT2D eigenvalue weighted by molar-refractivity contribution is 8.00. The lowest BCUT2D eigenvalue weighted by molar-refractivity contribution is 0.549. The van der Waals surface area contributed by atoms with Crippen LogP contribution in [0.4, 0.5) is 0 Å². The van der Waals surface area contributed by atoms with E-state index in [-0.39, 0.29) is 4.75 Å². The Labute approximate surface area is 110 Å². The number of hydrogen-bond acceptors (Lipinski definition) is 4. The predicted octanol–water partition coefficient (Wildman–Crippen LogP) is 1.44. The Morgan fingerprint density at radius 1 is 1.35 bits per heavy atom. The van der Waals surface area contributed by atoms with Crippen LogP contribution in [-0.2, 0) is 10.0 Å². The zero-order valence-corrected chi connectivity index (χ0v) is 13.2. The van der Waals surface area contributed by atoms with Crippen molar-refractivity contribution in [2.75, 3.05) is 25.9 Å². The first-order valence-electron chi connectivity index (χ1n) is 5.99. The van der Waals surface area contributed by atoms with Gasteiger partial charge in [0, 0.05) is 17.8 Å². The quantitative estimate of drug-likeness (QED) is 0.628. The summed E-state index contributed by atoms with van der Waals surface area (Å²) >= 11 is 1.66. The molecule has 6 heteroatoms. The summed E-state index contributed by atoms with van der Waals surface area (Å²) in [6.07, 6.45) is 3.00. The average Bonchev–Trinajstić information content (AvgIpc) is 2.27. The molecule has 0 aromatic rings. The summed E-state index contributed by atoms with van der Waals surface area (Å²) < 4.78 is 26.5. The SMILES string of the molecule is CCCNCC(C)S(=O)(=O)NCC(C)(C)SC. The van der Waals surface area contributed by atoms with Crippen LogP contribution in [0.15, 0.2) is 0 Å². The van der Waals surface area contributed by atoms with Gasteiger partial charge in [-0.3, -0.25) is 0 Å². The Balaban J connectivity index is 4.19. The zero-order valence-electron chi connectivity index (χ0n) is 11.5. The number of rotatable bonds is 9. The summed E-state index contributed by atoms with van der Waals surface area (Å²) in [7, 11) is -3.21. The molecule has 1 atom stereocenters. The molecule has 0 aromatic carbocycles. The van der Waals surface area contributed by atoms with Gasteiger partial charge in [-0.15, -0.1) is 0 Å². The van der Waals surface area contributed by atoms with E-state index in [4.69, 9.17) is 0 Å². The number of sulfonamides is 1. The van der Waals surface area contributed by atoms with E-state index in [0.29, 0.717) is 13.1 Å². The molecule has 0 saturated carbocycles. The van der Waals surface area contributed by atoms with E-state index in [2.05, 4.69) is 17.0 Å². The highest BCUT2D eigenvalue weighted by Crippen LogP contribution is 2.20. The summed E-state index contributed by atoms with van der Waals surface area (Å²) in [6.45, 7) is 9.68. The highest BCUT2D eigenvalue weighted by Gasteiger charge is 2.24. The summed E-state index contributed by atoms with van der Waals surface area (Å²) in [5, 5.41) is 2.73. The maximum atomic E-state index is 11.9. The summed E-state index contributed by atoms with van der Waals surface area (Å²) in [6, 6.07) is 0. The fraction of sp³-hybridized carbons (Fsp3) is 1.00. The molecule has 0 spiro atoms. The van der Waals surface area contributed by atoms with E-state index in [0.717, 1.165) is 13.0 Å². The van der Waals surface area contributed by atoms with Crippen LogP contribution in [-0.4, -0.2) is 44.3 Å². The molecule has 1 unspecified atom stereocenters. The Morgan fingerprint density at radius 2 is 1.94 bits per heavy atom. The normalized spacial score (nSPS) is 14.9. The van der Waals surface area contributed by atoms with Crippen molar-refractivity contribution in [3.05, 3.63) is 0 Å². The van der Waals surface area contributed by atoms with Gasteiger partial charge in [0.2, 0.25) is 10.0 Å². The highest BCUT2D eigenvalue weighted by atomic mass is 32.2. The van der Waals surface area contributed by atoms with Crippen LogP contribution < -0.4 is 10.0 Å². The molecule has 17 heavy (non-hydrogen) atoms. The van der Waals surface area contributed by atoms with Gasteiger partial charge in [0.15, 0.2) is 0 Å². The van der Waals surface area contributed by atoms with Crippen molar-refractivity contribution in [1.29, 1.82) is 0 Å². The maximum absolute atomic E-state index is 11.9. The topological polar surface area (TPSA) is 58.2 Å². The molecule has 0 aromatic heterocycles. The van der Waals surface area contributed by atoms with Crippen molar-refractivity contribution in [2.45, 2.75) is 44.1 Å². The van der Waals surface area contributed by atoms with E-state index >= 15 is 0 Å². The standard InChI is InChI=1S/C11H26N2O2S2/c1-6-7-12-8-10(2)17(14,15)13-9-11(3,4)16-5/h10,12-13H,6-9H2,1-5H3. The van der Waals surface area contributed by atoms with E-state index < -0.39 is 15.3 Å². The molecule has 104 valence electrons. The smallest absolute Gasteiger partial charge is 0.215 e. The molecule has 0 aliphatic heterocycles. The van der Waals surface area contributed by atoms with Crippen LogP contribution >= 0.6 is 11.8 Å². The van der Waals surface area contributed by atoms with E-state index in [9.17, 15) is 8.42 Å². The van der Waals surface area contributed by atoms with Gasteiger partial charge in [-0.05, 0) is 40.0 Å². The van der Waals surface area contributed by atoms with E-state index in [1.807, 2.05) is 20.1 Å². The third-order valence-electron chi connectivity index (χ3n) is 2.64. The molecule has 4 nitrogen and oxygen atoms in total. The van der Waals surface area contributed by atoms with Crippen molar-refractivity contribution < 1.29 is 8.42 Å². The van der Waals surface area contributed by atoms with Crippen LogP contribution in [0, 0.1) is 0 Å². The van der Waals surface area contributed by atoms with Crippen LogP contribution in [0.1, 0.15) is 34.1 Å². The lowest BCUT2D eigenvalue weighted by Crippen LogP contribution is -2.43. The molecule has 0 aliphatic rings. The molecule has 0 heterocycles. The molecule has 0 amide bonds.